The first-order valence-corrected chi connectivity index (χ1v) is 1.59. The van der Waals surface area contributed by atoms with Crippen LogP contribution < -0.4 is 0 Å². The van der Waals surface area contributed by atoms with Crippen LogP contribution in [0.3, 0.4) is 0 Å². The maximum absolute atomic E-state index is 9.92. The van der Waals surface area contributed by atoms with Crippen molar-refractivity contribution in [2.45, 2.75) is 0 Å². The van der Waals surface area contributed by atoms with Gasteiger partial charge in [-0.3, -0.25) is 0 Å². The van der Waals surface area contributed by atoms with E-state index in [-0.39, 0.29) is 0 Å². The Morgan fingerprint density at radius 1 is 2.00 bits per heavy atom. The summed E-state index contributed by atoms with van der Waals surface area (Å²) in [7, 11) is 1.23. The highest BCUT2D eigenvalue weighted by atomic mass is 16.5. The molecule has 0 spiro atoms. The second kappa shape index (κ2) is 3.06. The van der Waals surface area contributed by atoms with E-state index in [0.29, 0.717) is 0 Å². The minimum Gasteiger partial charge on any atom is -0.461 e. The Labute approximate surface area is 40.3 Å². The molecule has 0 fully saturated rings. The fourth-order valence-electron chi connectivity index (χ4n) is 0.105. The Balaban J connectivity index is 3.58. The van der Waals surface area contributed by atoms with Gasteiger partial charge in [-0.1, -0.05) is 0 Å². The van der Waals surface area contributed by atoms with Crippen molar-refractivity contribution < 1.29 is 14.3 Å². The molecule has 4 heteroatoms. The van der Waals surface area contributed by atoms with Crippen molar-refractivity contribution in [3.63, 3.8) is 0 Å². The summed E-state index contributed by atoms with van der Waals surface area (Å²) in [5.41, 5.74) is 6.10. The monoisotopic (exact) mass is 101 g/mol. The molecule has 0 radical (unpaired) electrons. The summed E-state index contributed by atoms with van der Waals surface area (Å²) in [5, 5.41) is 0. The van der Waals surface area contributed by atoms with Gasteiger partial charge in [0.25, 0.3) is 0 Å². The normalized spacial score (nSPS) is 6.43. The molecule has 1 N–H and O–H groups in total. The number of hydrogen-bond acceptors (Lipinski definition) is 3. The number of esters is 1. The van der Waals surface area contributed by atoms with Crippen molar-refractivity contribution >= 4 is 12.2 Å². The van der Waals surface area contributed by atoms with Crippen molar-refractivity contribution in [2.24, 2.45) is 0 Å². The Morgan fingerprint density at radius 3 is 2.71 bits per heavy atom. The lowest BCUT2D eigenvalue weighted by molar-refractivity contribution is -0.146. The molecular formula is C3H5N2O2+. The summed E-state index contributed by atoms with van der Waals surface area (Å²) in [6.45, 7) is 0. The molecule has 0 atom stereocenters. The molecule has 4 nitrogen and oxygen atoms in total. The number of rotatable bonds is 1. The van der Waals surface area contributed by atoms with Gasteiger partial charge in [0.05, 0.1) is 17.4 Å². The summed E-state index contributed by atoms with van der Waals surface area (Å²) in [4.78, 5) is 12.6. The lowest BCUT2D eigenvalue weighted by Gasteiger charge is -1.76. The van der Waals surface area contributed by atoms with Crippen LogP contribution in [0.15, 0.2) is 0 Å². The Kier molecular flexibility index (Phi) is 2.55. The SMILES string of the molecule is COC(=O)C=[N+]=N. The third-order valence-corrected chi connectivity index (χ3v) is 0.371. The van der Waals surface area contributed by atoms with Gasteiger partial charge in [-0.15, -0.1) is 0 Å². The molecule has 0 aliphatic carbocycles. The summed E-state index contributed by atoms with van der Waals surface area (Å²) in [5.74, 6) is -0.602. The highest BCUT2D eigenvalue weighted by molar-refractivity contribution is 6.20. The Hall–Kier alpha value is -1.15. The predicted octanol–water partition coefficient (Wildman–Crippen LogP) is -0.531. The van der Waals surface area contributed by atoms with Crippen molar-refractivity contribution in [1.82, 2.24) is 0 Å². The van der Waals surface area contributed by atoms with Crippen LogP contribution in [0, 0.1) is 5.53 Å². The van der Waals surface area contributed by atoms with Gasteiger partial charge in [-0.2, -0.15) is 0 Å². The van der Waals surface area contributed by atoms with Crippen LogP contribution in [0.5, 0.6) is 0 Å². The minimum atomic E-state index is -0.602. The van der Waals surface area contributed by atoms with Crippen LogP contribution in [-0.2, 0) is 9.53 Å². The molecule has 0 aromatic heterocycles. The standard InChI is InChI=1S/C3H5N2O2/c1-7-3(6)2-5-4/h2,4H,1H3/q+1. The largest absolute Gasteiger partial charge is 0.461 e. The molecule has 0 aliphatic rings. The van der Waals surface area contributed by atoms with Gasteiger partial charge in [-0.25, -0.2) is 4.79 Å². The van der Waals surface area contributed by atoms with Crippen LogP contribution in [0.25, 0.3) is 0 Å². The molecule has 0 saturated carbocycles. The first-order valence-electron chi connectivity index (χ1n) is 1.59. The molecular weight excluding hydrogens is 96.0 g/mol. The molecule has 0 heterocycles. The quantitative estimate of drug-likeness (QED) is 0.209. The van der Waals surface area contributed by atoms with Gasteiger partial charge in [0, 0.05) is 0 Å². The third kappa shape index (κ3) is 2.66. The first kappa shape index (κ1) is 5.85. The second-order valence-electron chi connectivity index (χ2n) is 0.781. The van der Waals surface area contributed by atoms with Crippen LogP contribution in [0.2, 0.25) is 0 Å². The Bertz CT molecular complexity index is 114. The van der Waals surface area contributed by atoms with Gasteiger partial charge in [-0.05, 0) is 0 Å². The maximum Gasteiger partial charge on any atom is 0.417 e. The van der Waals surface area contributed by atoms with E-state index in [0.717, 1.165) is 6.21 Å². The summed E-state index contributed by atoms with van der Waals surface area (Å²) < 4.78 is 4.08. The van der Waals surface area contributed by atoms with Crippen LogP contribution in [0.4, 0.5) is 0 Å². The van der Waals surface area contributed by atoms with Gasteiger partial charge in [0.2, 0.25) is 0 Å². The van der Waals surface area contributed by atoms with E-state index in [1.807, 2.05) is 0 Å². The van der Waals surface area contributed by atoms with Crippen molar-refractivity contribution in [1.29, 1.82) is 5.53 Å². The van der Waals surface area contributed by atoms with E-state index < -0.39 is 5.97 Å². The molecule has 0 unspecified atom stereocenters. The number of carbonyl (C=O) groups is 1. The zero-order chi connectivity index (χ0) is 5.70. The maximum atomic E-state index is 9.92. The molecule has 0 aromatic carbocycles. The third-order valence-electron chi connectivity index (χ3n) is 0.371. The molecule has 0 rings (SSSR count). The molecule has 7 heavy (non-hydrogen) atoms. The average molecular weight is 101 g/mol. The lowest BCUT2D eigenvalue weighted by Crippen LogP contribution is -2.00. The van der Waals surface area contributed by atoms with Crippen molar-refractivity contribution in [3.8, 4) is 0 Å². The number of methoxy groups -OCH3 is 1. The molecule has 0 aliphatic heterocycles. The van der Waals surface area contributed by atoms with E-state index in [2.05, 4.69) is 9.53 Å². The number of ether oxygens (including phenoxy) is 1. The van der Waals surface area contributed by atoms with Crippen LogP contribution in [0.1, 0.15) is 0 Å². The first-order chi connectivity index (χ1) is 3.31. The van der Waals surface area contributed by atoms with Crippen molar-refractivity contribution in [2.75, 3.05) is 7.11 Å². The van der Waals surface area contributed by atoms with Crippen molar-refractivity contribution in [3.05, 3.63) is 0 Å². The van der Waals surface area contributed by atoms with Crippen LogP contribution >= 0.6 is 0 Å². The van der Waals surface area contributed by atoms with Gasteiger partial charge < -0.3 is 4.74 Å². The fourth-order valence-corrected chi connectivity index (χ4v) is 0.105. The summed E-state index contributed by atoms with van der Waals surface area (Å²) >= 11 is 0. The number of nitrogens with zero attached hydrogens (tertiary/aromatic N) is 1. The lowest BCUT2D eigenvalue weighted by atomic mass is 10.8. The average Bonchev–Trinajstić information content (AvgIpc) is 1.68. The van der Waals surface area contributed by atoms with Crippen LogP contribution in [-0.4, -0.2) is 24.1 Å². The van der Waals surface area contributed by atoms with E-state index in [1.54, 1.807) is 0 Å². The molecule has 0 amide bonds. The molecule has 0 aromatic rings. The zero-order valence-corrected chi connectivity index (χ0v) is 3.84. The highest BCUT2D eigenvalue weighted by Gasteiger charge is 1.97. The highest BCUT2D eigenvalue weighted by Crippen LogP contribution is 1.58. The zero-order valence-electron chi connectivity index (χ0n) is 3.84. The number of carbonyl (C=O) groups excluding carboxylic acids is 1. The minimum absolute atomic E-state index is 0.602. The summed E-state index contributed by atoms with van der Waals surface area (Å²) in [6, 6.07) is 0. The van der Waals surface area contributed by atoms with E-state index in [9.17, 15) is 4.79 Å². The van der Waals surface area contributed by atoms with Gasteiger partial charge >= 0.3 is 12.2 Å². The number of hydrogen-bond donors (Lipinski definition) is 1. The Morgan fingerprint density at radius 2 is 2.57 bits per heavy atom. The van der Waals surface area contributed by atoms with Gasteiger partial charge in [0.1, 0.15) is 0 Å². The fraction of sp³-hybridized carbons (Fsp3) is 0.333. The number of nitrogens with one attached hydrogen (secondary N) is 1. The van der Waals surface area contributed by atoms with E-state index in [1.165, 1.54) is 7.11 Å². The van der Waals surface area contributed by atoms with E-state index in [4.69, 9.17) is 5.53 Å². The molecule has 38 valence electrons. The topological polar surface area (TPSA) is 64.2 Å². The summed E-state index contributed by atoms with van der Waals surface area (Å²) in [6.07, 6.45) is 0.778. The molecule has 0 saturated heterocycles. The molecule has 0 bridgehead atoms. The van der Waals surface area contributed by atoms with E-state index >= 15 is 0 Å². The van der Waals surface area contributed by atoms with Gasteiger partial charge in [0.15, 0.2) is 0 Å². The smallest absolute Gasteiger partial charge is 0.417 e. The predicted molar refractivity (Wildman–Crippen MR) is 21.1 cm³/mol. The second-order valence-corrected chi connectivity index (χ2v) is 0.781.